The van der Waals surface area contributed by atoms with Crippen molar-refractivity contribution in [1.82, 2.24) is 15.1 Å². The van der Waals surface area contributed by atoms with Gasteiger partial charge in [0, 0.05) is 50.5 Å². The van der Waals surface area contributed by atoms with Crippen LogP contribution in [-0.4, -0.2) is 75.7 Å². The summed E-state index contributed by atoms with van der Waals surface area (Å²) < 4.78 is 0. The molecule has 0 atom stereocenters. The van der Waals surface area contributed by atoms with E-state index in [0.29, 0.717) is 0 Å². The second-order valence-electron chi connectivity index (χ2n) is 7.46. The molecular weight excluding hydrogens is 346 g/mol. The Hall–Kier alpha value is -1.46. The van der Waals surface area contributed by atoms with Crippen molar-refractivity contribution >= 4 is 23.2 Å². The number of aliphatic imine (C=N–C) groups is 1. The second kappa shape index (κ2) is 9.47. The van der Waals surface area contributed by atoms with Gasteiger partial charge in [0.25, 0.3) is 0 Å². The first kappa shape index (κ1) is 19.3. The molecule has 1 aromatic carbocycles. The maximum absolute atomic E-state index is 6.13. The highest BCUT2D eigenvalue weighted by Gasteiger charge is 2.21. The van der Waals surface area contributed by atoms with Crippen molar-refractivity contribution in [2.45, 2.75) is 19.3 Å². The zero-order valence-corrected chi connectivity index (χ0v) is 16.9. The lowest BCUT2D eigenvalue weighted by Gasteiger charge is -2.38. The monoisotopic (exact) mass is 377 g/mol. The number of hydrogen-bond acceptors (Lipinski definition) is 3. The number of rotatable bonds is 4. The zero-order chi connectivity index (χ0) is 18.4. The summed E-state index contributed by atoms with van der Waals surface area (Å²) in [6, 6.07) is 8.13. The minimum atomic E-state index is 0.802. The molecule has 0 amide bonds. The lowest BCUT2D eigenvalue weighted by Crippen LogP contribution is -2.52. The molecule has 0 radical (unpaired) electrons. The van der Waals surface area contributed by atoms with E-state index in [9.17, 15) is 0 Å². The van der Waals surface area contributed by atoms with E-state index in [1.54, 1.807) is 0 Å². The van der Waals surface area contributed by atoms with Gasteiger partial charge in [-0.25, -0.2) is 0 Å². The summed E-state index contributed by atoms with van der Waals surface area (Å²) in [6.07, 6.45) is 3.90. The fourth-order valence-electron chi connectivity index (χ4n) is 3.92. The van der Waals surface area contributed by atoms with Crippen molar-refractivity contribution in [3.8, 4) is 0 Å². The molecular formula is C20H32ClN5. The van der Waals surface area contributed by atoms with Gasteiger partial charge < -0.3 is 20.0 Å². The Kier molecular flexibility index (Phi) is 7.03. The molecule has 5 nitrogen and oxygen atoms in total. The maximum Gasteiger partial charge on any atom is 0.193 e. The topological polar surface area (TPSA) is 34.1 Å². The lowest BCUT2D eigenvalue weighted by atomic mass is 9.94. The number of benzene rings is 1. The van der Waals surface area contributed by atoms with Crippen molar-refractivity contribution < 1.29 is 0 Å². The second-order valence-corrected chi connectivity index (χ2v) is 7.90. The van der Waals surface area contributed by atoms with Gasteiger partial charge in [-0.05, 0) is 63.5 Å². The van der Waals surface area contributed by atoms with E-state index >= 15 is 0 Å². The van der Waals surface area contributed by atoms with Gasteiger partial charge in [0.05, 0.1) is 0 Å². The van der Waals surface area contributed by atoms with Crippen molar-refractivity contribution in [1.29, 1.82) is 0 Å². The van der Waals surface area contributed by atoms with Gasteiger partial charge in [0.1, 0.15) is 0 Å². The number of piperidine rings is 1. The molecule has 1 N–H and O–H groups in total. The predicted molar refractivity (Wildman–Crippen MR) is 111 cm³/mol. The van der Waals surface area contributed by atoms with E-state index in [1.807, 2.05) is 25.2 Å². The molecule has 2 fully saturated rings. The third-order valence-electron chi connectivity index (χ3n) is 5.64. The third kappa shape index (κ3) is 5.27. The average molecular weight is 378 g/mol. The van der Waals surface area contributed by atoms with Gasteiger partial charge in [-0.1, -0.05) is 17.7 Å². The molecule has 26 heavy (non-hydrogen) atoms. The number of guanidine groups is 1. The first-order valence-electron chi connectivity index (χ1n) is 9.80. The van der Waals surface area contributed by atoms with Crippen LogP contribution in [0.1, 0.15) is 19.3 Å². The van der Waals surface area contributed by atoms with Crippen molar-refractivity contribution in [2.75, 3.05) is 64.8 Å². The Morgan fingerprint density at radius 1 is 1.15 bits per heavy atom. The molecule has 2 saturated heterocycles. The molecule has 2 heterocycles. The van der Waals surface area contributed by atoms with Gasteiger partial charge >= 0.3 is 0 Å². The smallest absolute Gasteiger partial charge is 0.193 e. The molecule has 0 aromatic heterocycles. The van der Waals surface area contributed by atoms with Crippen LogP contribution in [0.15, 0.2) is 29.3 Å². The number of anilines is 1. The predicted octanol–water partition coefficient (Wildman–Crippen LogP) is 2.77. The highest BCUT2D eigenvalue weighted by atomic mass is 35.5. The van der Waals surface area contributed by atoms with Gasteiger partial charge in [-0.3, -0.25) is 4.99 Å². The van der Waals surface area contributed by atoms with Gasteiger partial charge in [0.15, 0.2) is 5.96 Å². The minimum Gasteiger partial charge on any atom is -0.368 e. The summed E-state index contributed by atoms with van der Waals surface area (Å²) in [5, 5.41) is 4.39. The Morgan fingerprint density at radius 2 is 1.88 bits per heavy atom. The van der Waals surface area contributed by atoms with Crippen molar-refractivity contribution in [3.63, 3.8) is 0 Å². The average Bonchev–Trinajstić information content (AvgIpc) is 2.67. The van der Waals surface area contributed by atoms with E-state index in [0.717, 1.165) is 49.6 Å². The SMILES string of the molecule is CN=C(NCCC1CCN(C)CC1)N1CCN(c2cccc(Cl)c2)CC1. The molecule has 144 valence electrons. The summed E-state index contributed by atoms with van der Waals surface area (Å²) in [4.78, 5) is 11.7. The molecule has 0 saturated carbocycles. The number of halogens is 1. The van der Waals surface area contributed by atoms with Crippen LogP contribution < -0.4 is 10.2 Å². The molecule has 2 aliphatic heterocycles. The molecule has 0 unspecified atom stereocenters. The fourth-order valence-corrected chi connectivity index (χ4v) is 4.10. The summed E-state index contributed by atoms with van der Waals surface area (Å²) in [6.45, 7) is 7.47. The normalized spacial score (nSPS) is 20.5. The van der Waals surface area contributed by atoms with E-state index in [-0.39, 0.29) is 0 Å². The third-order valence-corrected chi connectivity index (χ3v) is 5.87. The van der Waals surface area contributed by atoms with E-state index in [4.69, 9.17) is 11.6 Å². The highest BCUT2D eigenvalue weighted by Crippen LogP contribution is 2.21. The van der Waals surface area contributed by atoms with Crippen molar-refractivity contribution in [3.05, 3.63) is 29.3 Å². The van der Waals surface area contributed by atoms with E-state index in [1.165, 1.54) is 38.0 Å². The maximum atomic E-state index is 6.13. The Morgan fingerprint density at radius 3 is 2.54 bits per heavy atom. The largest absolute Gasteiger partial charge is 0.368 e. The van der Waals surface area contributed by atoms with Crippen LogP contribution in [0.5, 0.6) is 0 Å². The molecule has 1 aromatic rings. The molecule has 0 spiro atoms. The van der Waals surface area contributed by atoms with Crippen LogP contribution in [0, 0.1) is 5.92 Å². The molecule has 0 aliphatic carbocycles. The first-order chi connectivity index (χ1) is 12.7. The molecule has 6 heteroatoms. The summed E-state index contributed by atoms with van der Waals surface area (Å²) >= 11 is 6.13. The molecule has 0 bridgehead atoms. The zero-order valence-electron chi connectivity index (χ0n) is 16.1. The highest BCUT2D eigenvalue weighted by molar-refractivity contribution is 6.30. The molecule has 3 rings (SSSR count). The van der Waals surface area contributed by atoms with Crippen LogP contribution in [0.3, 0.4) is 0 Å². The standard InChI is InChI=1S/C20H32ClN5/c1-22-20(23-9-6-17-7-10-24(2)11-8-17)26-14-12-25(13-15-26)19-5-3-4-18(21)16-19/h3-5,16-17H,6-15H2,1-2H3,(H,22,23). The van der Waals surface area contributed by atoms with Crippen LogP contribution in [-0.2, 0) is 0 Å². The lowest BCUT2D eigenvalue weighted by molar-refractivity contribution is 0.212. The van der Waals surface area contributed by atoms with E-state index < -0.39 is 0 Å². The number of likely N-dealkylation sites (tertiary alicyclic amines) is 1. The van der Waals surface area contributed by atoms with Gasteiger partial charge in [0.2, 0.25) is 0 Å². The summed E-state index contributed by atoms with van der Waals surface area (Å²) in [7, 11) is 4.11. The van der Waals surface area contributed by atoms with Crippen LogP contribution in [0.2, 0.25) is 5.02 Å². The number of nitrogens with zero attached hydrogens (tertiary/aromatic N) is 4. The first-order valence-corrected chi connectivity index (χ1v) is 10.2. The Labute approximate surface area is 163 Å². The van der Waals surface area contributed by atoms with Crippen LogP contribution >= 0.6 is 11.6 Å². The minimum absolute atomic E-state index is 0.802. The van der Waals surface area contributed by atoms with Crippen molar-refractivity contribution in [2.24, 2.45) is 10.9 Å². The fraction of sp³-hybridized carbons (Fsp3) is 0.650. The van der Waals surface area contributed by atoms with E-state index in [2.05, 4.69) is 38.1 Å². The number of nitrogens with one attached hydrogen (secondary N) is 1. The van der Waals surface area contributed by atoms with Crippen LogP contribution in [0.25, 0.3) is 0 Å². The quantitative estimate of drug-likeness (QED) is 0.646. The Bertz CT molecular complexity index is 590. The summed E-state index contributed by atoms with van der Waals surface area (Å²) in [5.74, 6) is 1.90. The van der Waals surface area contributed by atoms with Gasteiger partial charge in [-0.15, -0.1) is 0 Å². The summed E-state index contributed by atoms with van der Waals surface area (Å²) in [5.41, 5.74) is 1.21. The number of piperazine rings is 1. The van der Waals surface area contributed by atoms with Crippen LogP contribution in [0.4, 0.5) is 5.69 Å². The molecule has 2 aliphatic rings. The van der Waals surface area contributed by atoms with Gasteiger partial charge in [-0.2, -0.15) is 0 Å². The Balaban J connectivity index is 1.42. The number of hydrogen-bond donors (Lipinski definition) is 1.